The van der Waals surface area contributed by atoms with E-state index in [1.165, 1.54) is 31.4 Å². The van der Waals surface area contributed by atoms with Crippen molar-refractivity contribution in [2.45, 2.75) is 31.7 Å². The summed E-state index contributed by atoms with van der Waals surface area (Å²) in [4.78, 5) is 4.30. The SMILES string of the molecule is C1=C\C2=NC2CCCC/1. The molecular formula is C8H11N. The van der Waals surface area contributed by atoms with E-state index in [-0.39, 0.29) is 0 Å². The van der Waals surface area contributed by atoms with Crippen LogP contribution in [0.2, 0.25) is 0 Å². The van der Waals surface area contributed by atoms with Gasteiger partial charge >= 0.3 is 0 Å². The lowest BCUT2D eigenvalue weighted by atomic mass is 10.1. The van der Waals surface area contributed by atoms with Crippen molar-refractivity contribution in [3.8, 4) is 0 Å². The summed E-state index contributed by atoms with van der Waals surface area (Å²) in [5, 5.41) is 0. The minimum Gasteiger partial charge on any atom is -0.278 e. The van der Waals surface area contributed by atoms with Crippen molar-refractivity contribution < 1.29 is 0 Å². The second-order valence-electron chi connectivity index (χ2n) is 2.76. The van der Waals surface area contributed by atoms with Gasteiger partial charge in [0.05, 0.1) is 11.8 Å². The van der Waals surface area contributed by atoms with E-state index in [0.29, 0.717) is 6.04 Å². The van der Waals surface area contributed by atoms with Gasteiger partial charge in [-0.15, -0.1) is 0 Å². The summed E-state index contributed by atoms with van der Waals surface area (Å²) in [7, 11) is 0. The van der Waals surface area contributed by atoms with Crippen LogP contribution in [0.4, 0.5) is 0 Å². The minimum absolute atomic E-state index is 0.640. The maximum absolute atomic E-state index is 4.30. The van der Waals surface area contributed by atoms with Gasteiger partial charge in [0.15, 0.2) is 0 Å². The van der Waals surface area contributed by atoms with Gasteiger partial charge in [-0.3, -0.25) is 4.99 Å². The van der Waals surface area contributed by atoms with Gasteiger partial charge in [-0.2, -0.15) is 0 Å². The summed E-state index contributed by atoms with van der Waals surface area (Å²) >= 11 is 0. The monoisotopic (exact) mass is 121 g/mol. The van der Waals surface area contributed by atoms with Crippen LogP contribution in [0.5, 0.6) is 0 Å². The van der Waals surface area contributed by atoms with E-state index in [9.17, 15) is 0 Å². The lowest BCUT2D eigenvalue weighted by molar-refractivity contribution is 0.685. The van der Waals surface area contributed by atoms with Gasteiger partial charge in [0, 0.05) is 0 Å². The van der Waals surface area contributed by atoms with Crippen molar-refractivity contribution >= 4 is 5.71 Å². The molecule has 0 saturated heterocycles. The Morgan fingerprint density at radius 3 is 3.44 bits per heavy atom. The average Bonchev–Trinajstić information content (AvgIpc) is 2.46. The van der Waals surface area contributed by atoms with Crippen LogP contribution in [0.15, 0.2) is 17.1 Å². The van der Waals surface area contributed by atoms with Gasteiger partial charge < -0.3 is 0 Å². The third-order valence-corrected chi connectivity index (χ3v) is 1.97. The fraction of sp³-hybridized carbons (Fsp3) is 0.625. The lowest BCUT2D eigenvalue weighted by Crippen LogP contribution is -1.96. The molecule has 0 aromatic carbocycles. The van der Waals surface area contributed by atoms with Crippen LogP contribution in [0.25, 0.3) is 0 Å². The highest BCUT2D eigenvalue weighted by molar-refractivity contribution is 6.09. The third-order valence-electron chi connectivity index (χ3n) is 1.97. The standard InChI is InChI=1S/C8H11N/c1-2-4-6-8-7(9-8)5-3-1/h3,5,8H,1-2,4,6H2/b5-3-. The molecule has 0 amide bonds. The third kappa shape index (κ3) is 1.04. The Hall–Kier alpha value is -0.590. The van der Waals surface area contributed by atoms with Crippen LogP contribution in [-0.4, -0.2) is 11.8 Å². The number of hydrogen-bond donors (Lipinski definition) is 0. The van der Waals surface area contributed by atoms with E-state index in [4.69, 9.17) is 0 Å². The number of nitrogens with zero attached hydrogens (tertiary/aromatic N) is 1. The van der Waals surface area contributed by atoms with Gasteiger partial charge in [0.25, 0.3) is 0 Å². The quantitative estimate of drug-likeness (QED) is 0.464. The molecular weight excluding hydrogens is 110 g/mol. The molecule has 1 heterocycles. The van der Waals surface area contributed by atoms with Crippen LogP contribution in [0.1, 0.15) is 25.7 Å². The van der Waals surface area contributed by atoms with Crippen molar-refractivity contribution in [1.29, 1.82) is 0 Å². The predicted octanol–water partition coefficient (Wildman–Crippen LogP) is 1.94. The van der Waals surface area contributed by atoms with Crippen molar-refractivity contribution in [3.05, 3.63) is 12.2 Å². The number of hydrogen-bond acceptors (Lipinski definition) is 1. The maximum Gasteiger partial charge on any atom is 0.0919 e. The van der Waals surface area contributed by atoms with Crippen LogP contribution in [0, 0.1) is 0 Å². The fourth-order valence-corrected chi connectivity index (χ4v) is 1.31. The summed E-state index contributed by atoms with van der Waals surface area (Å²) in [5.74, 6) is 0. The molecule has 2 rings (SSSR count). The molecule has 0 bridgehead atoms. The highest BCUT2D eigenvalue weighted by Crippen LogP contribution is 2.22. The number of rotatable bonds is 0. The van der Waals surface area contributed by atoms with Gasteiger partial charge in [0.1, 0.15) is 0 Å². The molecule has 0 N–H and O–H groups in total. The molecule has 0 aromatic heterocycles. The highest BCUT2D eigenvalue weighted by atomic mass is 15.0. The number of fused-ring (bicyclic) bond motifs is 1. The summed E-state index contributed by atoms with van der Waals surface area (Å²) in [6.07, 6.45) is 9.71. The Morgan fingerprint density at radius 1 is 1.44 bits per heavy atom. The summed E-state index contributed by atoms with van der Waals surface area (Å²) in [6.45, 7) is 0. The molecule has 0 radical (unpaired) electrons. The second-order valence-corrected chi connectivity index (χ2v) is 2.76. The number of aliphatic imine (C=N–C) groups is 1. The van der Waals surface area contributed by atoms with Crippen molar-refractivity contribution in [2.75, 3.05) is 0 Å². The first-order chi connectivity index (χ1) is 4.47. The minimum atomic E-state index is 0.640. The molecule has 0 spiro atoms. The zero-order valence-electron chi connectivity index (χ0n) is 5.51. The molecule has 48 valence electrons. The predicted molar refractivity (Wildman–Crippen MR) is 38.8 cm³/mol. The normalized spacial score (nSPS) is 35.6. The molecule has 9 heavy (non-hydrogen) atoms. The molecule has 2 aliphatic rings. The van der Waals surface area contributed by atoms with Gasteiger partial charge in [-0.1, -0.05) is 12.5 Å². The Balaban J connectivity index is 2.00. The van der Waals surface area contributed by atoms with Crippen molar-refractivity contribution in [1.82, 2.24) is 0 Å². The van der Waals surface area contributed by atoms with Gasteiger partial charge in [-0.05, 0) is 25.3 Å². The summed E-state index contributed by atoms with van der Waals surface area (Å²) < 4.78 is 0. The molecule has 0 fully saturated rings. The Morgan fingerprint density at radius 2 is 2.44 bits per heavy atom. The van der Waals surface area contributed by atoms with Crippen LogP contribution in [-0.2, 0) is 0 Å². The van der Waals surface area contributed by atoms with E-state index in [1.54, 1.807) is 0 Å². The van der Waals surface area contributed by atoms with E-state index >= 15 is 0 Å². The van der Waals surface area contributed by atoms with Gasteiger partial charge in [-0.25, -0.2) is 0 Å². The molecule has 1 unspecified atom stereocenters. The van der Waals surface area contributed by atoms with Crippen LogP contribution >= 0.6 is 0 Å². The first kappa shape index (κ1) is 5.21. The topological polar surface area (TPSA) is 12.4 Å². The molecule has 1 aliphatic heterocycles. The molecule has 1 nitrogen and oxygen atoms in total. The zero-order valence-corrected chi connectivity index (χ0v) is 5.51. The van der Waals surface area contributed by atoms with E-state index < -0.39 is 0 Å². The van der Waals surface area contributed by atoms with E-state index in [0.717, 1.165) is 0 Å². The maximum atomic E-state index is 4.30. The second kappa shape index (κ2) is 1.98. The summed E-state index contributed by atoms with van der Waals surface area (Å²) in [5.41, 5.74) is 1.34. The van der Waals surface area contributed by atoms with Crippen molar-refractivity contribution in [2.24, 2.45) is 4.99 Å². The Labute approximate surface area is 55.5 Å². The summed E-state index contributed by atoms with van der Waals surface area (Å²) in [6, 6.07) is 0.640. The average molecular weight is 121 g/mol. The molecule has 0 aromatic rings. The fourth-order valence-electron chi connectivity index (χ4n) is 1.31. The zero-order chi connectivity index (χ0) is 6.10. The van der Waals surface area contributed by atoms with Crippen molar-refractivity contribution in [3.63, 3.8) is 0 Å². The molecule has 1 aliphatic carbocycles. The smallest absolute Gasteiger partial charge is 0.0919 e. The van der Waals surface area contributed by atoms with E-state index in [1.807, 2.05) is 0 Å². The number of allylic oxidation sites excluding steroid dienone is 1. The lowest BCUT2D eigenvalue weighted by Gasteiger charge is -1.97. The molecule has 1 heteroatoms. The largest absolute Gasteiger partial charge is 0.278 e. The van der Waals surface area contributed by atoms with Gasteiger partial charge in [0.2, 0.25) is 0 Å². The Bertz CT molecular complexity index is 167. The molecule has 0 saturated carbocycles. The first-order valence-corrected chi connectivity index (χ1v) is 3.71. The Kier molecular flexibility index (Phi) is 1.15. The first-order valence-electron chi connectivity index (χ1n) is 3.71. The highest BCUT2D eigenvalue weighted by Gasteiger charge is 2.24. The van der Waals surface area contributed by atoms with E-state index in [2.05, 4.69) is 17.1 Å². The van der Waals surface area contributed by atoms with Crippen LogP contribution < -0.4 is 0 Å². The van der Waals surface area contributed by atoms with Crippen LogP contribution in [0.3, 0.4) is 0 Å². The molecule has 1 atom stereocenters.